The summed E-state index contributed by atoms with van der Waals surface area (Å²) in [7, 11) is 0. The average molecular weight is 483 g/mol. The average Bonchev–Trinajstić information content (AvgIpc) is 3.33. The minimum Gasteiger partial charge on any atom is -0.493 e. The molecule has 3 aliphatic heterocycles. The Morgan fingerprint density at radius 1 is 0.943 bits per heavy atom. The third kappa shape index (κ3) is 6.28. The van der Waals surface area contributed by atoms with E-state index in [0.29, 0.717) is 23.9 Å². The van der Waals surface area contributed by atoms with Crippen molar-refractivity contribution < 1.29 is 18.6 Å². The molecule has 2 atom stereocenters. The first-order valence-electron chi connectivity index (χ1n) is 13.2. The van der Waals surface area contributed by atoms with Gasteiger partial charge in [-0.05, 0) is 99.6 Å². The Labute approximate surface area is 209 Å². The summed E-state index contributed by atoms with van der Waals surface area (Å²) in [5.74, 6) is 2.84. The largest absolute Gasteiger partial charge is 0.493 e. The monoisotopic (exact) mass is 482 g/mol. The standard InChI is InChI=1S/C29H39FN2O3/c1-29(2)11-16-31(17-12-29)13-3-14-32-15-10-26(22-4-6-24(30)7-5-22)23(19-32)20-33-25-8-9-27-28(18-25)35-21-34-27/h4-9,18,23,26H,3,10-17,19-21H2,1-2H3/t23-,26-/m0/s1. The Hall–Kier alpha value is -2.31. The molecule has 2 aromatic carbocycles. The fraction of sp³-hybridized carbons (Fsp3) is 0.586. The molecule has 0 aliphatic carbocycles. The molecule has 0 aromatic heterocycles. The predicted octanol–water partition coefficient (Wildman–Crippen LogP) is 5.55. The van der Waals surface area contributed by atoms with E-state index in [0.717, 1.165) is 43.3 Å². The summed E-state index contributed by atoms with van der Waals surface area (Å²) in [5.41, 5.74) is 1.71. The van der Waals surface area contributed by atoms with Gasteiger partial charge >= 0.3 is 0 Å². The van der Waals surface area contributed by atoms with E-state index in [2.05, 4.69) is 23.6 Å². The molecule has 2 fully saturated rings. The lowest BCUT2D eigenvalue weighted by Gasteiger charge is -2.40. The molecule has 0 bridgehead atoms. The number of halogens is 1. The minimum absolute atomic E-state index is 0.180. The van der Waals surface area contributed by atoms with Crippen molar-refractivity contribution in [1.82, 2.24) is 9.80 Å². The van der Waals surface area contributed by atoms with E-state index in [4.69, 9.17) is 14.2 Å². The molecule has 35 heavy (non-hydrogen) atoms. The molecule has 0 spiro atoms. The molecule has 0 amide bonds. The zero-order valence-corrected chi connectivity index (χ0v) is 21.2. The molecule has 3 heterocycles. The van der Waals surface area contributed by atoms with Crippen LogP contribution in [0.1, 0.15) is 51.0 Å². The van der Waals surface area contributed by atoms with Crippen LogP contribution in [0.5, 0.6) is 17.2 Å². The Bertz CT molecular complexity index is 970. The molecule has 6 heteroatoms. The maximum atomic E-state index is 13.6. The summed E-state index contributed by atoms with van der Waals surface area (Å²) in [6.07, 6.45) is 4.88. The van der Waals surface area contributed by atoms with Gasteiger partial charge in [-0.2, -0.15) is 0 Å². The molecule has 0 radical (unpaired) electrons. The van der Waals surface area contributed by atoms with E-state index < -0.39 is 0 Å². The van der Waals surface area contributed by atoms with Crippen LogP contribution in [0, 0.1) is 17.2 Å². The number of rotatable bonds is 8. The molecule has 5 rings (SSSR count). The number of benzene rings is 2. The Kier molecular flexibility index (Phi) is 7.49. The van der Waals surface area contributed by atoms with E-state index in [1.54, 1.807) is 12.1 Å². The number of hydrogen-bond donors (Lipinski definition) is 0. The Morgan fingerprint density at radius 2 is 1.69 bits per heavy atom. The Morgan fingerprint density at radius 3 is 2.49 bits per heavy atom. The minimum atomic E-state index is -0.180. The third-order valence-corrected chi connectivity index (χ3v) is 8.08. The molecule has 0 N–H and O–H groups in total. The fourth-order valence-electron chi connectivity index (χ4n) is 5.70. The van der Waals surface area contributed by atoms with Crippen LogP contribution in [0.2, 0.25) is 0 Å². The summed E-state index contributed by atoms with van der Waals surface area (Å²) >= 11 is 0. The summed E-state index contributed by atoms with van der Waals surface area (Å²) < 4.78 is 30.8. The maximum absolute atomic E-state index is 13.6. The second-order valence-electron chi connectivity index (χ2n) is 11.2. The fourth-order valence-corrected chi connectivity index (χ4v) is 5.70. The van der Waals surface area contributed by atoms with Gasteiger partial charge in [-0.15, -0.1) is 0 Å². The van der Waals surface area contributed by atoms with Crippen molar-refractivity contribution in [2.24, 2.45) is 11.3 Å². The molecule has 2 aromatic rings. The molecule has 0 saturated carbocycles. The highest BCUT2D eigenvalue weighted by Crippen LogP contribution is 2.37. The van der Waals surface area contributed by atoms with Crippen molar-refractivity contribution in [3.63, 3.8) is 0 Å². The zero-order chi connectivity index (χ0) is 24.3. The smallest absolute Gasteiger partial charge is 0.231 e. The van der Waals surface area contributed by atoms with Gasteiger partial charge in [-0.25, -0.2) is 4.39 Å². The molecular formula is C29H39FN2O3. The van der Waals surface area contributed by atoms with E-state index in [-0.39, 0.29) is 12.6 Å². The van der Waals surface area contributed by atoms with E-state index in [1.807, 2.05) is 30.3 Å². The lowest BCUT2D eigenvalue weighted by atomic mass is 9.80. The van der Waals surface area contributed by atoms with Crippen LogP contribution < -0.4 is 14.2 Å². The maximum Gasteiger partial charge on any atom is 0.231 e. The molecule has 0 unspecified atom stereocenters. The number of likely N-dealkylation sites (tertiary alicyclic amines) is 2. The van der Waals surface area contributed by atoms with Gasteiger partial charge in [0.25, 0.3) is 0 Å². The predicted molar refractivity (Wildman–Crippen MR) is 136 cm³/mol. The zero-order valence-electron chi connectivity index (χ0n) is 21.2. The van der Waals surface area contributed by atoms with Gasteiger partial charge < -0.3 is 24.0 Å². The molecular weight excluding hydrogens is 443 g/mol. The van der Waals surface area contributed by atoms with Crippen molar-refractivity contribution in [2.45, 2.75) is 45.4 Å². The first-order chi connectivity index (χ1) is 16.9. The summed E-state index contributed by atoms with van der Waals surface area (Å²) in [4.78, 5) is 5.23. The van der Waals surface area contributed by atoms with Crippen molar-refractivity contribution in [3.05, 3.63) is 53.8 Å². The Balaban J connectivity index is 1.18. The molecule has 3 aliphatic rings. The summed E-state index contributed by atoms with van der Waals surface area (Å²) in [5, 5.41) is 0. The highest BCUT2D eigenvalue weighted by molar-refractivity contribution is 5.46. The number of hydrogen-bond acceptors (Lipinski definition) is 5. The van der Waals surface area contributed by atoms with Crippen LogP contribution in [-0.2, 0) is 0 Å². The number of ether oxygens (including phenoxy) is 3. The van der Waals surface area contributed by atoms with Gasteiger partial charge in [0.05, 0.1) is 6.61 Å². The van der Waals surface area contributed by atoms with Gasteiger partial charge in [0, 0.05) is 18.5 Å². The topological polar surface area (TPSA) is 34.2 Å². The number of fused-ring (bicyclic) bond motifs is 1. The van der Waals surface area contributed by atoms with Gasteiger partial charge in [0.2, 0.25) is 6.79 Å². The van der Waals surface area contributed by atoms with Crippen molar-refractivity contribution in [1.29, 1.82) is 0 Å². The van der Waals surface area contributed by atoms with E-state index in [1.165, 1.54) is 44.5 Å². The first-order valence-corrected chi connectivity index (χ1v) is 13.2. The second-order valence-corrected chi connectivity index (χ2v) is 11.2. The van der Waals surface area contributed by atoms with Gasteiger partial charge in [-0.3, -0.25) is 0 Å². The van der Waals surface area contributed by atoms with E-state index in [9.17, 15) is 4.39 Å². The van der Waals surface area contributed by atoms with Crippen LogP contribution >= 0.6 is 0 Å². The molecule has 5 nitrogen and oxygen atoms in total. The van der Waals surface area contributed by atoms with Crippen LogP contribution in [0.25, 0.3) is 0 Å². The molecule has 190 valence electrons. The van der Waals surface area contributed by atoms with Crippen molar-refractivity contribution >= 4 is 0 Å². The second kappa shape index (κ2) is 10.8. The van der Waals surface area contributed by atoms with Gasteiger partial charge in [0.1, 0.15) is 11.6 Å². The highest BCUT2D eigenvalue weighted by Gasteiger charge is 2.31. The van der Waals surface area contributed by atoms with Crippen LogP contribution in [0.4, 0.5) is 4.39 Å². The molecule has 2 saturated heterocycles. The van der Waals surface area contributed by atoms with Crippen molar-refractivity contribution in [3.8, 4) is 17.2 Å². The SMILES string of the molecule is CC1(C)CCN(CCCN2CC[C@@H](c3ccc(F)cc3)[C@H](COc3ccc4c(c3)OCO4)C2)CC1. The van der Waals surface area contributed by atoms with Gasteiger partial charge in [0.15, 0.2) is 11.5 Å². The third-order valence-electron chi connectivity index (χ3n) is 8.08. The normalized spacial score (nSPS) is 24.4. The number of piperidine rings is 2. The van der Waals surface area contributed by atoms with E-state index >= 15 is 0 Å². The van der Waals surface area contributed by atoms with Gasteiger partial charge in [-0.1, -0.05) is 26.0 Å². The van der Waals surface area contributed by atoms with Crippen LogP contribution in [0.3, 0.4) is 0 Å². The van der Waals surface area contributed by atoms with Crippen LogP contribution in [0.15, 0.2) is 42.5 Å². The highest BCUT2D eigenvalue weighted by atomic mass is 19.1. The quantitative estimate of drug-likeness (QED) is 0.493. The van der Waals surface area contributed by atoms with Crippen LogP contribution in [-0.4, -0.2) is 62.5 Å². The summed E-state index contributed by atoms with van der Waals surface area (Å²) in [6.45, 7) is 12.5. The number of nitrogens with zero attached hydrogens (tertiary/aromatic N) is 2. The lowest BCUT2D eigenvalue weighted by molar-refractivity contribution is 0.0977. The summed E-state index contributed by atoms with van der Waals surface area (Å²) in [6, 6.07) is 12.8. The first kappa shape index (κ1) is 24.4. The lowest BCUT2D eigenvalue weighted by Crippen LogP contribution is -2.43. The van der Waals surface area contributed by atoms with Crippen molar-refractivity contribution in [2.75, 3.05) is 52.7 Å².